The molecule has 0 aliphatic heterocycles. The number of rotatable bonds is 3. The highest BCUT2D eigenvalue weighted by Gasteiger charge is 2.41. The maximum absolute atomic E-state index is 12.2. The molecule has 1 fully saturated rings. The molecule has 16 heavy (non-hydrogen) atoms. The molecule has 0 heterocycles. The highest BCUT2D eigenvalue weighted by atomic mass is 16.2. The molecule has 1 amide bonds. The fourth-order valence-electron chi connectivity index (χ4n) is 2.33. The molecular weight excluding hydrogens is 200 g/mol. The number of hydrogen-bond donors (Lipinski definition) is 2. The summed E-state index contributed by atoms with van der Waals surface area (Å²) < 4.78 is 0. The Bertz CT molecular complexity index is 269. The molecule has 1 rings (SSSR count). The Kier molecular flexibility index (Phi) is 3.68. The predicted octanol–water partition coefficient (Wildman–Crippen LogP) is 2.05. The lowest BCUT2D eigenvalue weighted by Crippen LogP contribution is -2.56. The number of nitrogens with two attached hydrogens (primary N) is 1. The molecule has 3 N–H and O–H groups in total. The zero-order valence-electron chi connectivity index (χ0n) is 11.3. The van der Waals surface area contributed by atoms with Gasteiger partial charge in [0.2, 0.25) is 5.91 Å². The van der Waals surface area contributed by atoms with Crippen molar-refractivity contribution in [3.8, 4) is 0 Å². The first-order valence-corrected chi connectivity index (χ1v) is 6.24. The number of carbonyl (C=O) groups is 1. The molecule has 1 aliphatic rings. The summed E-state index contributed by atoms with van der Waals surface area (Å²) in [5, 5.41) is 3.09. The molecule has 3 heteroatoms. The molecule has 0 aromatic heterocycles. The average Bonchev–Trinajstić information content (AvgIpc) is 2.43. The quantitative estimate of drug-likeness (QED) is 0.774. The summed E-state index contributed by atoms with van der Waals surface area (Å²) in [6.07, 6.45) is 3.31. The molecule has 1 aliphatic carbocycles. The summed E-state index contributed by atoms with van der Waals surface area (Å²) >= 11 is 0. The lowest BCUT2D eigenvalue weighted by Gasteiger charge is -2.34. The van der Waals surface area contributed by atoms with Crippen LogP contribution >= 0.6 is 0 Å². The molecule has 2 atom stereocenters. The van der Waals surface area contributed by atoms with Crippen LogP contribution in [-0.2, 0) is 4.79 Å². The van der Waals surface area contributed by atoms with Gasteiger partial charge in [0.05, 0.1) is 0 Å². The molecule has 0 radical (unpaired) electrons. The molecule has 0 spiro atoms. The lowest BCUT2D eigenvalue weighted by molar-refractivity contribution is -0.129. The molecule has 94 valence electrons. The number of amides is 1. The molecule has 0 bridgehead atoms. The van der Waals surface area contributed by atoms with E-state index in [1.165, 1.54) is 0 Å². The van der Waals surface area contributed by atoms with E-state index in [0.29, 0.717) is 0 Å². The minimum absolute atomic E-state index is 0.0408. The highest BCUT2D eigenvalue weighted by molar-refractivity contribution is 5.80. The van der Waals surface area contributed by atoms with Crippen molar-refractivity contribution in [2.24, 2.45) is 17.1 Å². The van der Waals surface area contributed by atoms with Crippen molar-refractivity contribution in [1.82, 2.24) is 5.32 Å². The van der Waals surface area contributed by atoms with Crippen LogP contribution in [0.25, 0.3) is 0 Å². The van der Waals surface area contributed by atoms with E-state index in [1.54, 1.807) is 0 Å². The van der Waals surface area contributed by atoms with Crippen LogP contribution in [0.3, 0.4) is 0 Å². The third-order valence-electron chi connectivity index (χ3n) is 4.16. The van der Waals surface area contributed by atoms with Crippen molar-refractivity contribution < 1.29 is 4.79 Å². The van der Waals surface area contributed by atoms with Crippen LogP contribution in [0.15, 0.2) is 0 Å². The Morgan fingerprint density at radius 3 is 2.44 bits per heavy atom. The first kappa shape index (κ1) is 13.5. The Balaban J connectivity index is 2.66. The van der Waals surface area contributed by atoms with Crippen molar-refractivity contribution in [1.29, 1.82) is 0 Å². The van der Waals surface area contributed by atoms with E-state index in [0.717, 1.165) is 19.3 Å². The minimum Gasteiger partial charge on any atom is -0.349 e. The lowest BCUT2D eigenvalue weighted by atomic mass is 9.80. The minimum atomic E-state index is -0.324. The maximum atomic E-state index is 12.2. The molecule has 0 aromatic rings. The van der Waals surface area contributed by atoms with E-state index in [2.05, 4.69) is 19.2 Å². The van der Waals surface area contributed by atoms with Gasteiger partial charge in [0.15, 0.2) is 0 Å². The molecular formula is C13H26N2O. The fourth-order valence-corrected chi connectivity index (χ4v) is 2.33. The van der Waals surface area contributed by atoms with Crippen molar-refractivity contribution in [2.75, 3.05) is 0 Å². The first-order valence-electron chi connectivity index (χ1n) is 6.24. The third-order valence-corrected chi connectivity index (χ3v) is 4.16. The second-order valence-electron chi connectivity index (χ2n) is 6.43. The number of carbonyl (C=O) groups excluding carboxylic acids is 1. The smallest absolute Gasteiger partial charge is 0.224 e. The van der Waals surface area contributed by atoms with Gasteiger partial charge in [-0.1, -0.05) is 20.3 Å². The van der Waals surface area contributed by atoms with E-state index in [4.69, 9.17) is 5.73 Å². The van der Waals surface area contributed by atoms with Gasteiger partial charge in [0.1, 0.15) is 0 Å². The highest BCUT2D eigenvalue weighted by Crippen LogP contribution is 2.42. The number of hydrogen-bond acceptors (Lipinski definition) is 2. The Labute approximate surface area is 99.2 Å². The van der Waals surface area contributed by atoms with E-state index < -0.39 is 0 Å². The van der Waals surface area contributed by atoms with Crippen molar-refractivity contribution in [2.45, 2.75) is 65.5 Å². The summed E-state index contributed by atoms with van der Waals surface area (Å²) in [6.45, 7) is 10.3. The van der Waals surface area contributed by atoms with Crippen LogP contribution < -0.4 is 11.1 Å². The van der Waals surface area contributed by atoms with E-state index in [9.17, 15) is 4.79 Å². The summed E-state index contributed by atoms with van der Waals surface area (Å²) in [4.78, 5) is 12.2. The Morgan fingerprint density at radius 2 is 2.06 bits per heavy atom. The van der Waals surface area contributed by atoms with Crippen LogP contribution in [0.2, 0.25) is 0 Å². The zero-order chi connectivity index (χ0) is 12.6. The molecule has 2 unspecified atom stereocenters. The molecule has 3 nitrogen and oxygen atoms in total. The summed E-state index contributed by atoms with van der Waals surface area (Å²) in [6, 6.07) is -0.0408. The first-order chi connectivity index (χ1) is 7.17. The van der Waals surface area contributed by atoms with Gasteiger partial charge in [-0.3, -0.25) is 4.79 Å². The monoisotopic (exact) mass is 226 g/mol. The standard InChI is InChI=1S/C13H26N2O/c1-9(14)13(4,5)15-11(16)10-7-6-8-12(10,2)3/h9-10H,6-8,14H2,1-5H3,(H,15,16). The van der Waals surface area contributed by atoms with Gasteiger partial charge in [-0.05, 0) is 39.0 Å². The second-order valence-corrected chi connectivity index (χ2v) is 6.43. The van der Waals surface area contributed by atoms with E-state index in [1.807, 2.05) is 20.8 Å². The topological polar surface area (TPSA) is 55.1 Å². The van der Waals surface area contributed by atoms with Gasteiger partial charge in [-0.25, -0.2) is 0 Å². The fraction of sp³-hybridized carbons (Fsp3) is 0.923. The van der Waals surface area contributed by atoms with E-state index in [-0.39, 0.29) is 28.8 Å². The van der Waals surface area contributed by atoms with Gasteiger partial charge in [0, 0.05) is 17.5 Å². The largest absolute Gasteiger partial charge is 0.349 e. The van der Waals surface area contributed by atoms with Gasteiger partial charge >= 0.3 is 0 Å². The molecule has 0 saturated heterocycles. The van der Waals surface area contributed by atoms with Crippen molar-refractivity contribution in [3.05, 3.63) is 0 Å². The van der Waals surface area contributed by atoms with Crippen molar-refractivity contribution >= 4 is 5.91 Å². The molecule has 1 saturated carbocycles. The van der Waals surface area contributed by atoms with Gasteiger partial charge in [-0.2, -0.15) is 0 Å². The van der Waals surface area contributed by atoms with Gasteiger partial charge in [0.25, 0.3) is 0 Å². The Morgan fingerprint density at radius 1 is 1.50 bits per heavy atom. The summed E-state index contributed by atoms with van der Waals surface area (Å²) in [5.74, 6) is 0.315. The van der Waals surface area contributed by atoms with Crippen LogP contribution in [0.5, 0.6) is 0 Å². The van der Waals surface area contributed by atoms with E-state index >= 15 is 0 Å². The van der Waals surface area contributed by atoms with Crippen LogP contribution in [0.4, 0.5) is 0 Å². The Hall–Kier alpha value is -0.570. The SMILES string of the molecule is CC(N)C(C)(C)NC(=O)C1CCCC1(C)C. The van der Waals surface area contributed by atoms with Crippen LogP contribution in [-0.4, -0.2) is 17.5 Å². The van der Waals surface area contributed by atoms with Gasteiger partial charge < -0.3 is 11.1 Å². The number of nitrogens with one attached hydrogen (secondary N) is 1. The van der Waals surface area contributed by atoms with Gasteiger partial charge in [-0.15, -0.1) is 0 Å². The third kappa shape index (κ3) is 2.76. The van der Waals surface area contributed by atoms with Crippen LogP contribution in [0, 0.1) is 11.3 Å². The summed E-state index contributed by atoms with van der Waals surface area (Å²) in [5.41, 5.74) is 5.68. The maximum Gasteiger partial charge on any atom is 0.224 e. The predicted molar refractivity (Wildman–Crippen MR) is 67.0 cm³/mol. The normalized spacial score (nSPS) is 26.5. The van der Waals surface area contributed by atoms with Crippen LogP contribution in [0.1, 0.15) is 53.9 Å². The summed E-state index contributed by atoms with van der Waals surface area (Å²) in [7, 11) is 0. The zero-order valence-corrected chi connectivity index (χ0v) is 11.3. The second kappa shape index (κ2) is 4.36. The average molecular weight is 226 g/mol. The van der Waals surface area contributed by atoms with Crippen molar-refractivity contribution in [3.63, 3.8) is 0 Å². The molecule has 0 aromatic carbocycles.